The molecule has 0 saturated carbocycles. The van der Waals surface area contributed by atoms with E-state index in [2.05, 4.69) is 18.3 Å². The van der Waals surface area contributed by atoms with Gasteiger partial charge >= 0.3 is 6.03 Å². The van der Waals surface area contributed by atoms with E-state index in [4.69, 9.17) is 9.47 Å². The lowest BCUT2D eigenvalue weighted by atomic mass is 10.1. The third-order valence-electron chi connectivity index (χ3n) is 5.74. The molecule has 0 atom stereocenters. The van der Waals surface area contributed by atoms with Crippen molar-refractivity contribution in [2.45, 2.75) is 27.2 Å². The van der Waals surface area contributed by atoms with Gasteiger partial charge in [0, 0.05) is 5.56 Å². The average Bonchev–Trinajstić information content (AvgIpc) is 2.86. The minimum absolute atomic E-state index is 0.158. The van der Waals surface area contributed by atoms with Crippen LogP contribution in [0.5, 0.6) is 11.5 Å². The highest BCUT2D eigenvalue weighted by Crippen LogP contribution is 2.26. The molecule has 4 amide bonds. The number of nitrogens with one attached hydrogen (secondary N) is 1. The first-order valence-electron chi connectivity index (χ1n) is 11.8. The smallest absolute Gasteiger partial charge is 0.335 e. The molecular formula is C29H28N2O5. The lowest BCUT2D eigenvalue weighted by molar-refractivity contribution is -0.122. The number of imide groups is 2. The van der Waals surface area contributed by atoms with Crippen molar-refractivity contribution in [1.29, 1.82) is 0 Å². The maximum absolute atomic E-state index is 13.2. The number of anilines is 1. The molecule has 7 heteroatoms. The van der Waals surface area contributed by atoms with Gasteiger partial charge in [-0.15, -0.1) is 0 Å². The van der Waals surface area contributed by atoms with Crippen LogP contribution in [0.25, 0.3) is 6.08 Å². The van der Waals surface area contributed by atoms with Gasteiger partial charge in [0.25, 0.3) is 11.8 Å². The Morgan fingerprint density at radius 2 is 1.58 bits per heavy atom. The number of benzene rings is 3. The zero-order valence-electron chi connectivity index (χ0n) is 20.5. The highest BCUT2D eigenvalue weighted by atomic mass is 16.5. The number of carbonyl (C=O) groups excluding carboxylic acids is 3. The number of hydrogen-bond acceptors (Lipinski definition) is 5. The van der Waals surface area contributed by atoms with Crippen molar-refractivity contribution in [3.63, 3.8) is 0 Å². The predicted molar refractivity (Wildman–Crippen MR) is 138 cm³/mol. The molecule has 36 heavy (non-hydrogen) atoms. The fraction of sp³-hybridized carbons (Fsp3) is 0.207. The average molecular weight is 485 g/mol. The van der Waals surface area contributed by atoms with Gasteiger partial charge in [-0.3, -0.25) is 14.9 Å². The number of barbiturate groups is 1. The molecular weight excluding hydrogens is 456 g/mol. The first-order valence-corrected chi connectivity index (χ1v) is 11.8. The summed E-state index contributed by atoms with van der Waals surface area (Å²) in [5.41, 5.74) is 4.09. The second kappa shape index (κ2) is 10.9. The Balaban J connectivity index is 1.49. The number of hydrogen-bond donors (Lipinski definition) is 1. The molecule has 3 aromatic carbocycles. The number of para-hydroxylation sites is 1. The Labute approximate surface area is 210 Å². The number of ether oxygens (including phenoxy) is 2. The first kappa shape index (κ1) is 24.7. The lowest BCUT2D eigenvalue weighted by Crippen LogP contribution is -2.54. The molecule has 1 heterocycles. The minimum atomic E-state index is -0.782. The van der Waals surface area contributed by atoms with Crippen LogP contribution in [0.15, 0.2) is 72.3 Å². The van der Waals surface area contributed by atoms with Crippen LogP contribution < -0.4 is 19.7 Å². The normalized spacial score (nSPS) is 14.7. The van der Waals surface area contributed by atoms with Gasteiger partial charge in [0.1, 0.15) is 30.3 Å². The summed E-state index contributed by atoms with van der Waals surface area (Å²) in [7, 11) is 0. The highest BCUT2D eigenvalue weighted by molar-refractivity contribution is 6.39. The summed E-state index contributed by atoms with van der Waals surface area (Å²) >= 11 is 0. The van der Waals surface area contributed by atoms with Gasteiger partial charge in [-0.05, 0) is 67.8 Å². The lowest BCUT2D eigenvalue weighted by Gasteiger charge is -2.26. The van der Waals surface area contributed by atoms with Crippen molar-refractivity contribution < 1.29 is 23.9 Å². The number of urea groups is 1. The Hall–Kier alpha value is -4.39. The van der Waals surface area contributed by atoms with Gasteiger partial charge < -0.3 is 9.47 Å². The van der Waals surface area contributed by atoms with Crippen molar-refractivity contribution in [1.82, 2.24) is 5.32 Å². The number of nitrogens with zero attached hydrogens (tertiary/aromatic N) is 1. The predicted octanol–water partition coefficient (Wildman–Crippen LogP) is 4.99. The van der Waals surface area contributed by atoms with E-state index in [1.54, 1.807) is 48.5 Å². The zero-order valence-corrected chi connectivity index (χ0v) is 20.5. The Morgan fingerprint density at radius 3 is 2.33 bits per heavy atom. The molecule has 0 aliphatic carbocycles. The van der Waals surface area contributed by atoms with Crippen LogP contribution in [-0.2, 0) is 16.0 Å². The second-order valence-electron chi connectivity index (χ2n) is 8.54. The molecule has 184 valence electrons. The van der Waals surface area contributed by atoms with Crippen LogP contribution in [0.1, 0.15) is 29.2 Å². The highest BCUT2D eigenvalue weighted by Gasteiger charge is 2.36. The summed E-state index contributed by atoms with van der Waals surface area (Å²) in [5.74, 6) is -0.169. The summed E-state index contributed by atoms with van der Waals surface area (Å²) < 4.78 is 11.8. The SMILES string of the molecule is CCc1cc(C)cc(OCCOc2ccccc2/C=C2/C(=O)NC(=O)N(c3ccc(C)cc3)C2=O)c1. The largest absolute Gasteiger partial charge is 0.490 e. The summed E-state index contributed by atoms with van der Waals surface area (Å²) in [6, 6.07) is 19.3. The molecule has 1 fully saturated rings. The molecule has 3 aromatic rings. The molecule has 0 spiro atoms. The van der Waals surface area contributed by atoms with Crippen molar-refractivity contribution in [3.8, 4) is 11.5 Å². The van der Waals surface area contributed by atoms with E-state index in [1.807, 2.05) is 26.0 Å². The molecule has 0 aromatic heterocycles. The fourth-order valence-corrected chi connectivity index (χ4v) is 3.90. The van der Waals surface area contributed by atoms with Gasteiger partial charge in [0.2, 0.25) is 0 Å². The quantitative estimate of drug-likeness (QED) is 0.277. The summed E-state index contributed by atoms with van der Waals surface area (Å²) in [6.45, 7) is 6.63. The number of amides is 4. The van der Waals surface area contributed by atoms with E-state index in [1.165, 1.54) is 11.6 Å². The summed E-state index contributed by atoms with van der Waals surface area (Å²) in [6.07, 6.45) is 2.37. The fourth-order valence-electron chi connectivity index (χ4n) is 3.90. The van der Waals surface area contributed by atoms with Crippen molar-refractivity contribution in [3.05, 3.63) is 94.6 Å². The van der Waals surface area contributed by atoms with Crippen molar-refractivity contribution >= 4 is 29.6 Å². The van der Waals surface area contributed by atoms with Gasteiger partial charge in [-0.2, -0.15) is 0 Å². The molecule has 4 rings (SSSR count). The van der Waals surface area contributed by atoms with Crippen LogP contribution in [-0.4, -0.2) is 31.1 Å². The van der Waals surface area contributed by atoms with Gasteiger partial charge in [-0.1, -0.05) is 48.9 Å². The maximum atomic E-state index is 13.2. The zero-order chi connectivity index (χ0) is 25.7. The molecule has 7 nitrogen and oxygen atoms in total. The minimum Gasteiger partial charge on any atom is -0.490 e. The summed E-state index contributed by atoms with van der Waals surface area (Å²) in [4.78, 5) is 39.1. The third-order valence-corrected chi connectivity index (χ3v) is 5.74. The maximum Gasteiger partial charge on any atom is 0.335 e. The van der Waals surface area contributed by atoms with Crippen molar-refractivity contribution in [2.24, 2.45) is 0 Å². The monoisotopic (exact) mass is 484 g/mol. The molecule has 0 bridgehead atoms. The Bertz CT molecular complexity index is 1330. The first-order chi connectivity index (χ1) is 17.4. The second-order valence-corrected chi connectivity index (χ2v) is 8.54. The van der Waals surface area contributed by atoms with Gasteiger partial charge in [0.15, 0.2) is 0 Å². The van der Waals surface area contributed by atoms with Gasteiger partial charge in [0.05, 0.1) is 5.69 Å². The van der Waals surface area contributed by atoms with E-state index in [0.29, 0.717) is 23.6 Å². The Kier molecular flexibility index (Phi) is 7.49. The molecule has 0 radical (unpaired) electrons. The van der Waals surface area contributed by atoms with Crippen LogP contribution in [0.3, 0.4) is 0 Å². The molecule has 1 saturated heterocycles. The molecule has 1 N–H and O–H groups in total. The number of aryl methyl sites for hydroxylation is 3. The van der Waals surface area contributed by atoms with Gasteiger partial charge in [-0.25, -0.2) is 9.69 Å². The summed E-state index contributed by atoms with van der Waals surface area (Å²) in [5, 5.41) is 2.25. The van der Waals surface area contributed by atoms with Crippen LogP contribution in [0, 0.1) is 13.8 Å². The molecule has 1 aliphatic heterocycles. The number of carbonyl (C=O) groups is 3. The topological polar surface area (TPSA) is 84.9 Å². The van der Waals surface area contributed by atoms with Crippen LogP contribution in [0.2, 0.25) is 0 Å². The Morgan fingerprint density at radius 1 is 0.861 bits per heavy atom. The molecule has 0 unspecified atom stereocenters. The van der Waals surface area contributed by atoms with E-state index in [0.717, 1.165) is 28.2 Å². The van der Waals surface area contributed by atoms with E-state index < -0.39 is 17.8 Å². The van der Waals surface area contributed by atoms with E-state index in [9.17, 15) is 14.4 Å². The molecule has 1 aliphatic rings. The van der Waals surface area contributed by atoms with E-state index >= 15 is 0 Å². The number of rotatable bonds is 8. The van der Waals surface area contributed by atoms with E-state index in [-0.39, 0.29) is 12.2 Å². The standard InChI is InChI=1S/C29H28N2O5/c1-4-21-15-20(3)16-24(17-21)35-13-14-36-26-8-6-5-7-22(26)18-25-27(32)30-29(34)31(28(25)33)23-11-9-19(2)10-12-23/h5-12,15-18H,4,13-14H2,1-3H3,(H,30,32,34)/b25-18-. The van der Waals surface area contributed by atoms with Crippen LogP contribution >= 0.6 is 0 Å². The van der Waals surface area contributed by atoms with Crippen molar-refractivity contribution in [2.75, 3.05) is 18.1 Å². The third kappa shape index (κ3) is 5.63. The van der Waals surface area contributed by atoms with Crippen LogP contribution in [0.4, 0.5) is 10.5 Å².